The smallest absolute Gasteiger partial charge is 0.321 e. The van der Waals surface area contributed by atoms with Crippen LogP contribution in [0.2, 0.25) is 0 Å². The van der Waals surface area contributed by atoms with E-state index in [4.69, 9.17) is 0 Å². The van der Waals surface area contributed by atoms with Gasteiger partial charge in [0.15, 0.2) is 0 Å². The molecule has 11 heteroatoms. The number of benzene rings is 1. The summed E-state index contributed by atoms with van der Waals surface area (Å²) in [4.78, 5) is 30.1. The number of amides is 3. The molecule has 0 bridgehead atoms. The van der Waals surface area contributed by atoms with E-state index in [1.54, 1.807) is 6.21 Å². The van der Waals surface area contributed by atoms with Crippen molar-refractivity contribution >= 4 is 56.6 Å². The fraction of sp³-hybridized carbons (Fsp3) is 0.476. The van der Waals surface area contributed by atoms with Crippen molar-refractivity contribution in [1.29, 1.82) is 0 Å². The normalized spacial score (nSPS) is 19.7. The number of allylic oxidation sites excluding steroid dienone is 1. The third-order valence-electron chi connectivity index (χ3n) is 4.82. The van der Waals surface area contributed by atoms with Crippen LogP contribution in [0.15, 0.2) is 41.2 Å². The van der Waals surface area contributed by atoms with Gasteiger partial charge in [-0.15, -0.1) is 0 Å². The summed E-state index contributed by atoms with van der Waals surface area (Å²) in [5.41, 5.74) is 1.52. The summed E-state index contributed by atoms with van der Waals surface area (Å²) < 4.78 is -0.923. The molecule has 2 heterocycles. The van der Waals surface area contributed by atoms with Gasteiger partial charge in [-0.25, -0.2) is 9.79 Å². The first-order chi connectivity index (χ1) is 15.5. The summed E-state index contributed by atoms with van der Waals surface area (Å²) in [5.74, 6) is 1.57. The van der Waals surface area contributed by atoms with E-state index in [1.807, 2.05) is 42.2 Å². The summed E-state index contributed by atoms with van der Waals surface area (Å²) >= 11 is 4.88. The molecule has 1 atom stereocenters. The average molecular weight is 524 g/mol. The number of anilines is 2. The number of aliphatic imine (C=N–C) groups is 1. The first-order valence-corrected chi connectivity index (χ1v) is 12.6. The molecule has 0 aromatic heterocycles. The maximum absolute atomic E-state index is 12.3. The van der Waals surface area contributed by atoms with E-state index >= 15 is 0 Å². The minimum absolute atomic E-state index is 0.0113. The summed E-state index contributed by atoms with van der Waals surface area (Å²) in [6.45, 7) is 4.88. The largest absolute Gasteiger partial charge is 0.372 e. The highest BCUT2D eigenvalue weighted by Gasteiger charge is 2.27. The molecule has 9 nitrogen and oxygen atoms in total. The lowest BCUT2D eigenvalue weighted by molar-refractivity contribution is 0.222. The van der Waals surface area contributed by atoms with Crippen molar-refractivity contribution < 1.29 is 9.59 Å². The van der Waals surface area contributed by atoms with Gasteiger partial charge in [-0.3, -0.25) is 4.79 Å². The van der Waals surface area contributed by atoms with E-state index in [9.17, 15) is 9.59 Å². The van der Waals surface area contributed by atoms with Crippen LogP contribution in [-0.4, -0.2) is 59.0 Å². The Morgan fingerprint density at radius 2 is 2.03 bits per heavy atom. The van der Waals surface area contributed by atoms with Gasteiger partial charge in [0, 0.05) is 43.8 Å². The van der Waals surface area contributed by atoms with Crippen LogP contribution in [-0.2, 0) is 0 Å². The van der Waals surface area contributed by atoms with Gasteiger partial charge in [0.25, 0.3) is 9.94 Å². The first-order valence-electron chi connectivity index (χ1n) is 10.8. The highest BCUT2D eigenvalue weighted by molar-refractivity contribution is 9.10. The second-order valence-electron chi connectivity index (χ2n) is 7.36. The van der Waals surface area contributed by atoms with Crippen molar-refractivity contribution in [3.8, 4) is 0 Å². The second-order valence-corrected chi connectivity index (χ2v) is 9.75. The van der Waals surface area contributed by atoms with E-state index in [0.29, 0.717) is 13.1 Å². The molecule has 2 aliphatic heterocycles. The minimum Gasteiger partial charge on any atom is -0.372 e. The Morgan fingerprint density at radius 1 is 1.25 bits per heavy atom. The third-order valence-corrected chi connectivity index (χ3v) is 6.12. The second kappa shape index (κ2) is 12.0. The van der Waals surface area contributed by atoms with Gasteiger partial charge >= 0.3 is 6.03 Å². The van der Waals surface area contributed by atoms with E-state index in [-0.39, 0.29) is 11.3 Å². The highest BCUT2D eigenvalue weighted by Crippen LogP contribution is 2.25. The third kappa shape index (κ3) is 7.63. The Labute approximate surface area is 201 Å². The van der Waals surface area contributed by atoms with E-state index < -0.39 is 4.70 Å². The molecule has 3 amide bonds. The number of hydrogen-bond acceptors (Lipinski definition) is 7. The van der Waals surface area contributed by atoms with Gasteiger partial charge in [0.1, 0.15) is 5.82 Å². The number of nitrogens with one attached hydrogen (secondary N) is 5. The van der Waals surface area contributed by atoms with Crippen LogP contribution < -0.4 is 26.6 Å². The van der Waals surface area contributed by atoms with Crippen molar-refractivity contribution in [3.05, 3.63) is 36.2 Å². The molecular formula is C21H30BrN7O2S. The van der Waals surface area contributed by atoms with Crippen molar-refractivity contribution in [2.75, 3.05) is 42.6 Å². The zero-order valence-corrected chi connectivity index (χ0v) is 20.5. The molecule has 2 aliphatic rings. The summed E-state index contributed by atoms with van der Waals surface area (Å²) in [5, 5.41) is 15.7. The predicted octanol–water partition coefficient (Wildman–Crippen LogP) is 3.69. The Bertz CT molecular complexity index is 860. The van der Waals surface area contributed by atoms with Crippen LogP contribution in [0.25, 0.3) is 0 Å². The Kier molecular flexibility index (Phi) is 9.10. The fourth-order valence-corrected chi connectivity index (χ4v) is 4.33. The number of thioether (sulfide) groups is 1. The van der Waals surface area contributed by atoms with Crippen LogP contribution in [0.3, 0.4) is 0 Å². The maximum atomic E-state index is 12.3. The number of carbonyl (C=O) groups is 2. The molecular weight excluding hydrogens is 494 g/mol. The molecule has 0 spiro atoms. The molecule has 0 radical (unpaired) electrons. The number of urea groups is 1. The molecule has 1 aromatic rings. The van der Waals surface area contributed by atoms with Crippen LogP contribution in [0.1, 0.15) is 26.2 Å². The van der Waals surface area contributed by atoms with Gasteiger partial charge in [-0.2, -0.15) is 0 Å². The number of nitrogens with zero attached hydrogens (tertiary/aromatic N) is 2. The average Bonchev–Trinajstić information content (AvgIpc) is 3.29. The van der Waals surface area contributed by atoms with Gasteiger partial charge in [-0.05, 0) is 65.2 Å². The summed E-state index contributed by atoms with van der Waals surface area (Å²) in [6, 6.07) is 7.46. The molecule has 1 saturated heterocycles. The molecule has 32 heavy (non-hydrogen) atoms. The molecule has 1 aromatic carbocycles. The Balaban J connectivity index is 1.46. The SMILES string of the molecule is CCSC(=O)NCCCNC1=CC=N[C@](Br)(Nc2cccc(NC(=O)N3CCCC3)c2)N1. The zero-order valence-electron chi connectivity index (χ0n) is 18.1. The van der Waals surface area contributed by atoms with Crippen LogP contribution in [0, 0.1) is 0 Å². The quantitative estimate of drug-likeness (QED) is 0.192. The number of hydrogen-bond donors (Lipinski definition) is 5. The lowest BCUT2D eigenvalue weighted by Crippen LogP contribution is -2.49. The monoisotopic (exact) mass is 523 g/mol. The highest BCUT2D eigenvalue weighted by atomic mass is 79.9. The number of likely N-dealkylation sites (tertiary alicyclic amines) is 1. The van der Waals surface area contributed by atoms with Gasteiger partial charge in [-0.1, -0.05) is 24.8 Å². The fourth-order valence-electron chi connectivity index (χ4n) is 3.31. The van der Waals surface area contributed by atoms with Crippen LogP contribution in [0.5, 0.6) is 0 Å². The standard InChI is InChI=1S/C21H30BrN7O2S/c1-2-32-20(31)24-11-6-10-23-18-9-12-25-21(22,28-18)27-17-8-5-7-16(15-17)26-19(30)29-13-3-4-14-29/h5,7-9,12,15,23,27-28H,2-4,6,10-11,13-14H2,1H3,(H,24,31)(H,26,30)/t21-/m1/s1. The van der Waals surface area contributed by atoms with E-state index in [0.717, 1.165) is 55.3 Å². The van der Waals surface area contributed by atoms with Crippen molar-refractivity contribution in [2.45, 2.75) is 30.9 Å². The summed E-state index contributed by atoms with van der Waals surface area (Å²) in [7, 11) is 0. The Morgan fingerprint density at radius 3 is 2.81 bits per heavy atom. The van der Waals surface area contributed by atoms with Gasteiger partial charge in [0.05, 0.1) is 0 Å². The van der Waals surface area contributed by atoms with Crippen LogP contribution in [0.4, 0.5) is 21.0 Å². The Hall–Kier alpha value is -2.40. The molecule has 174 valence electrons. The number of halogens is 1. The van der Waals surface area contributed by atoms with E-state index in [2.05, 4.69) is 47.5 Å². The number of alkyl halides is 1. The van der Waals surface area contributed by atoms with Gasteiger partial charge < -0.3 is 31.5 Å². The first kappa shape index (κ1) is 24.2. The lowest BCUT2D eigenvalue weighted by atomic mass is 10.2. The molecule has 0 aliphatic carbocycles. The molecule has 0 saturated carbocycles. The number of rotatable bonds is 9. The van der Waals surface area contributed by atoms with Crippen molar-refractivity contribution in [2.24, 2.45) is 4.99 Å². The molecule has 1 fully saturated rings. The predicted molar refractivity (Wildman–Crippen MR) is 135 cm³/mol. The number of carbonyl (C=O) groups excluding carboxylic acids is 2. The van der Waals surface area contributed by atoms with Crippen molar-refractivity contribution in [1.82, 2.24) is 20.9 Å². The summed E-state index contributed by atoms with van der Waals surface area (Å²) in [6.07, 6.45) is 6.47. The molecule has 0 unspecified atom stereocenters. The lowest BCUT2D eigenvalue weighted by Gasteiger charge is -2.31. The maximum Gasteiger partial charge on any atom is 0.321 e. The van der Waals surface area contributed by atoms with Crippen LogP contribution >= 0.6 is 27.7 Å². The molecule has 5 N–H and O–H groups in total. The van der Waals surface area contributed by atoms with E-state index in [1.165, 1.54) is 11.8 Å². The zero-order chi connectivity index (χ0) is 22.8. The topological polar surface area (TPSA) is 110 Å². The molecule has 3 rings (SSSR count). The minimum atomic E-state index is -0.923. The van der Waals surface area contributed by atoms with Crippen molar-refractivity contribution in [3.63, 3.8) is 0 Å². The van der Waals surface area contributed by atoms with Gasteiger partial charge in [0.2, 0.25) is 0 Å².